The molecule has 0 saturated heterocycles. The molecule has 0 radical (unpaired) electrons. The number of nitrogens with zero attached hydrogens (tertiary/aromatic N) is 2. The van der Waals surface area contributed by atoms with Gasteiger partial charge < -0.3 is 10.1 Å². The Kier molecular flexibility index (Phi) is 4.04. The third-order valence-corrected chi connectivity index (χ3v) is 6.17. The second-order valence-electron chi connectivity index (χ2n) is 8.04. The minimum Gasteiger partial charge on any atom is -0.378 e. The molecule has 1 aromatic rings. The molecule has 5 heteroatoms. The molecule has 1 spiro atoms. The van der Waals surface area contributed by atoms with Crippen LogP contribution < -0.4 is 5.32 Å². The monoisotopic (exact) mass is 339 g/mol. The molecule has 1 amide bonds. The third kappa shape index (κ3) is 2.93. The zero-order valence-electron chi connectivity index (χ0n) is 15.0. The lowest BCUT2D eigenvalue weighted by Crippen LogP contribution is -2.36. The Labute approximate surface area is 148 Å². The fraction of sp³-hybridized carbons (Fsp3) is 0.650. The molecule has 132 valence electrons. The molecule has 1 aromatic heterocycles. The van der Waals surface area contributed by atoms with E-state index in [4.69, 9.17) is 4.74 Å². The smallest absolute Gasteiger partial charge is 0.229 e. The van der Waals surface area contributed by atoms with Crippen LogP contribution in [-0.2, 0) is 22.4 Å². The summed E-state index contributed by atoms with van der Waals surface area (Å²) in [6, 6.07) is 4.12. The highest BCUT2D eigenvalue weighted by Crippen LogP contribution is 2.66. The number of hydrogen-bond acceptors (Lipinski definition) is 4. The Morgan fingerprint density at radius 3 is 3.00 bits per heavy atom. The van der Waals surface area contributed by atoms with Crippen molar-refractivity contribution in [2.45, 2.75) is 58.5 Å². The average molecular weight is 339 g/mol. The fourth-order valence-corrected chi connectivity index (χ4v) is 4.60. The largest absolute Gasteiger partial charge is 0.378 e. The molecule has 2 saturated carbocycles. The molecule has 1 N–H and O–H groups in total. The highest BCUT2D eigenvalue weighted by atomic mass is 16.5. The third-order valence-electron chi connectivity index (χ3n) is 6.17. The molecule has 1 heterocycles. The van der Waals surface area contributed by atoms with E-state index in [2.05, 4.69) is 23.3 Å². The molecule has 0 aromatic carbocycles. The van der Waals surface area contributed by atoms with Crippen molar-refractivity contribution in [3.8, 4) is 6.07 Å². The molecule has 2 fully saturated rings. The van der Waals surface area contributed by atoms with Crippen LogP contribution in [0.25, 0.3) is 0 Å². The van der Waals surface area contributed by atoms with E-state index in [1.54, 1.807) is 0 Å². The van der Waals surface area contributed by atoms with Gasteiger partial charge in [0, 0.05) is 18.2 Å². The Morgan fingerprint density at radius 1 is 1.48 bits per heavy atom. The Balaban J connectivity index is 1.45. The van der Waals surface area contributed by atoms with Crippen molar-refractivity contribution in [1.82, 2.24) is 4.98 Å². The van der Waals surface area contributed by atoms with Crippen LogP contribution >= 0.6 is 0 Å². The highest BCUT2D eigenvalue weighted by molar-refractivity contribution is 5.95. The number of hydrogen-bond donors (Lipinski definition) is 1. The molecule has 0 aliphatic heterocycles. The van der Waals surface area contributed by atoms with E-state index in [-0.39, 0.29) is 17.2 Å². The maximum absolute atomic E-state index is 12.6. The van der Waals surface area contributed by atoms with Crippen molar-refractivity contribution < 1.29 is 9.53 Å². The van der Waals surface area contributed by atoms with Crippen LogP contribution in [0.3, 0.4) is 0 Å². The Bertz CT molecular complexity index is 746. The van der Waals surface area contributed by atoms with Crippen LogP contribution in [0.4, 0.5) is 5.82 Å². The second kappa shape index (κ2) is 6.10. The number of carbonyl (C=O) groups is 1. The number of nitrogens with one attached hydrogen (secondary N) is 1. The number of rotatable bonds is 4. The lowest BCUT2D eigenvalue weighted by Gasteiger charge is -2.36. The zero-order valence-corrected chi connectivity index (χ0v) is 15.0. The summed E-state index contributed by atoms with van der Waals surface area (Å²) in [5.41, 5.74) is 2.84. The number of fused-ring (bicyclic) bond motifs is 1. The number of pyridine rings is 1. The van der Waals surface area contributed by atoms with Crippen LogP contribution in [0.5, 0.6) is 0 Å². The number of aryl methyl sites for hydroxylation is 1. The molecule has 5 nitrogen and oxygen atoms in total. The topological polar surface area (TPSA) is 75.0 Å². The van der Waals surface area contributed by atoms with Crippen molar-refractivity contribution >= 4 is 11.7 Å². The summed E-state index contributed by atoms with van der Waals surface area (Å²) in [7, 11) is 0. The number of anilines is 1. The maximum atomic E-state index is 12.6. The van der Waals surface area contributed by atoms with Gasteiger partial charge in [-0.05, 0) is 68.4 Å². The summed E-state index contributed by atoms with van der Waals surface area (Å²) in [5.74, 6) is 1.14. The average Bonchev–Trinajstić information content (AvgIpc) is 3.30. The number of nitriles is 1. The predicted octanol–water partition coefficient (Wildman–Crippen LogP) is 3.22. The van der Waals surface area contributed by atoms with Gasteiger partial charge in [-0.2, -0.15) is 5.26 Å². The van der Waals surface area contributed by atoms with Gasteiger partial charge in [-0.1, -0.05) is 6.92 Å². The van der Waals surface area contributed by atoms with Crippen LogP contribution in [0.15, 0.2) is 6.07 Å². The van der Waals surface area contributed by atoms with Crippen molar-refractivity contribution in [1.29, 1.82) is 5.26 Å². The second-order valence-corrected chi connectivity index (χ2v) is 8.04. The highest BCUT2D eigenvalue weighted by Gasteiger charge is 2.64. The van der Waals surface area contributed by atoms with Crippen LogP contribution in [0, 0.1) is 28.6 Å². The van der Waals surface area contributed by atoms with Crippen molar-refractivity contribution in [3.63, 3.8) is 0 Å². The van der Waals surface area contributed by atoms with Crippen molar-refractivity contribution in [3.05, 3.63) is 22.9 Å². The summed E-state index contributed by atoms with van der Waals surface area (Å²) in [5, 5.41) is 12.4. The number of ether oxygens (including phenoxy) is 1. The first-order valence-corrected chi connectivity index (χ1v) is 9.40. The minimum atomic E-state index is 0.0167. The fourth-order valence-electron chi connectivity index (χ4n) is 4.60. The van der Waals surface area contributed by atoms with E-state index in [0.717, 1.165) is 56.4 Å². The van der Waals surface area contributed by atoms with Gasteiger partial charge in [0.15, 0.2) is 5.82 Å². The quantitative estimate of drug-likeness (QED) is 0.914. The number of carbonyl (C=O) groups excluding carboxylic acids is 1. The van der Waals surface area contributed by atoms with Gasteiger partial charge in [0.25, 0.3) is 0 Å². The van der Waals surface area contributed by atoms with Crippen LogP contribution in [0.1, 0.15) is 56.4 Å². The molecule has 3 aliphatic rings. The van der Waals surface area contributed by atoms with E-state index in [0.29, 0.717) is 23.4 Å². The van der Waals surface area contributed by atoms with Gasteiger partial charge in [0.05, 0.1) is 11.7 Å². The van der Waals surface area contributed by atoms with E-state index < -0.39 is 0 Å². The summed E-state index contributed by atoms with van der Waals surface area (Å²) < 4.78 is 5.62. The van der Waals surface area contributed by atoms with Gasteiger partial charge in [0.1, 0.15) is 6.07 Å². The summed E-state index contributed by atoms with van der Waals surface area (Å²) in [4.78, 5) is 17.3. The van der Waals surface area contributed by atoms with E-state index in [9.17, 15) is 10.1 Å². The van der Waals surface area contributed by atoms with Gasteiger partial charge in [-0.25, -0.2) is 4.98 Å². The molecule has 2 unspecified atom stereocenters. The standard InChI is InChI=1S/C20H25N3O2/c1-3-25-15-8-20(9-15)10-16(20)19(24)23-18-14(11-21)7-13-6-12(2)4-5-17(13)22-18/h7,12,15-16H,3-6,8-10H2,1-2H3,(H,22,23,24). The van der Waals surface area contributed by atoms with E-state index in [1.165, 1.54) is 0 Å². The number of aromatic nitrogens is 1. The lowest BCUT2D eigenvalue weighted by molar-refractivity contribution is -0.120. The SMILES string of the molecule is CCOC1CC2(C1)CC2C(=O)Nc1nc2c(cc1C#N)CC(C)CC2. The molecule has 2 atom stereocenters. The molecule has 3 aliphatic carbocycles. The van der Waals surface area contributed by atoms with Crippen molar-refractivity contribution in [2.24, 2.45) is 17.3 Å². The van der Waals surface area contributed by atoms with E-state index >= 15 is 0 Å². The Morgan fingerprint density at radius 2 is 2.28 bits per heavy atom. The minimum absolute atomic E-state index is 0.0167. The maximum Gasteiger partial charge on any atom is 0.229 e. The van der Waals surface area contributed by atoms with Crippen LogP contribution in [0.2, 0.25) is 0 Å². The molecular weight excluding hydrogens is 314 g/mol. The van der Waals surface area contributed by atoms with Crippen molar-refractivity contribution in [2.75, 3.05) is 11.9 Å². The summed E-state index contributed by atoms with van der Waals surface area (Å²) in [6.07, 6.45) is 6.24. The van der Waals surface area contributed by atoms with Gasteiger partial charge in [-0.3, -0.25) is 4.79 Å². The first kappa shape index (κ1) is 16.5. The summed E-state index contributed by atoms with van der Waals surface area (Å²) in [6.45, 7) is 4.97. The Hall–Kier alpha value is -1.93. The molecule has 4 rings (SSSR count). The first-order chi connectivity index (χ1) is 12.0. The molecular formula is C20H25N3O2. The molecule has 25 heavy (non-hydrogen) atoms. The van der Waals surface area contributed by atoms with Crippen LogP contribution in [-0.4, -0.2) is 23.6 Å². The number of amides is 1. The molecule has 0 bridgehead atoms. The zero-order chi connectivity index (χ0) is 17.6. The normalized spacial score (nSPS) is 32.4. The van der Waals surface area contributed by atoms with E-state index in [1.807, 2.05) is 13.0 Å². The summed E-state index contributed by atoms with van der Waals surface area (Å²) >= 11 is 0. The van der Waals surface area contributed by atoms with Gasteiger partial charge in [0.2, 0.25) is 5.91 Å². The van der Waals surface area contributed by atoms with Gasteiger partial charge >= 0.3 is 0 Å². The first-order valence-electron chi connectivity index (χ1n) is 9.40. The lowest BCUT2D eigenvalue weighted by atomic mass is 9.76. The predicted molar refractivity (Wildman–Crippen MR) is 94.0 cm³/mol. The van der Waals surface area contributed by atoms with Gasteiger partial charge in [-0.15, -0.1) is 0 Å².